The smallest absolute Gasteiger partial charge is 0.137 e. The van der Waals surface area contributed by atoms with Crippen molar-refractivity contribution < 1.29 is 0 Å². The van der Waals surface area contributed by atoms with E-state index in [0.717, 1.165) is 44.4 Å². The number of nitrogens with zero attached hydrogens (tertiary/aromatic N) is 4. The molecular formula is C26H19N5. The van der Waals surface area contributed by atoms with Gasteiger partial charge < -0.3 is 4.98 Å². The Balaban J connectivity index is 1.52. The number of rotatable bonds is 3. The summed E-state index contributed by atoms with van der Waals surface area (Å²) in [5.41, 5.74) is 9.85. The molecule has 0 unspecified atom stereocenters. The number of benzene rings is 1. The zero-order valence-electron chi connectivity index (χ0n) is 16.9. The zero-order valence-corrected chi connectivity index (χ0v) is 16.9. The van der Waals surface area contributed by atoms with E-state index in [9.17, 15) is 0 Å². The Hall–Kier alpha value is -4.25. The number of fused-ring (bicyclic) bond motifs is 2. The van der Waals surface area contributed by atoms with Gasteiger partial charge in [0, 0.05) is 58.6 Å². The van der Waals surface area contributed by atoms with Crippen LogP contribution < -0.4 is 0 Å². The van der Waals surface area contributed by atoms with Crippen LogP contribution in [0.3, 0.4) is 0 Å². The zero-order chi connectivity index (χ0) is 20.8. The van der Waals surface area contributed by atoms with Crippen molar-refractivity contribution in [2.75, 3.05) is 0 Å². The fourth-order valence-electron chi connectivity index (χ4n) is 4.18. The van der Waals surface area contributed by atoms with E-state index in [-0.39, 0.29) is 0 Å². The topological polar surface area (TPSA) is 58.9 Å². The normalized spacial score (nSPS) is 11.4. The average Bonchev–Trinajstić information content (AvgIpc) is 3.43. The maximum absolute atomic E-state index is 4.68. The van der Waals surface area contributed by atoms with Gasteiger partial charge in [-0.15, -0.1) is 0 Å². The second-order valence-electron chi connectivity index (χ2n) is 7.68. The first-order valence-corrected chi connectivity index (χ1v) is 10.2. The standard InChI is InChI=1S/C26H19N5/c1-17-5-2-3-7-21(17)20-11-22-23(15-29-26(22)28-14-20)18-8-10-31-25(12-18)24(16-30-31)19-6-4-9-27-13-19/h2-16H,1H3,(H,28,29). The van der Waals surface area contributed by atoms with E-state index in [2.05, 4.69) is 75.5 Å². The second kappa shape index (κ2) is 6.92. The van der Waals surface area contributed by atoms with Crippen LogP contribution in [0.1, 0.15) is 5.56 Å². The third-order valence-electron chi connectivity index (χ3n) is 5.79. The van der Waals surface area contributed by atoms with Crippen molar-refractivity contribution in [2.45, 2.75) is 6.92 Å². The Labute approximate surface area is 179 Å². The van der Waals surface area contributed by atoms with Gasteiger partial charge in [-0.3, -0.25) is 4.98 Å². The third kappa shape index (κ3) is 2.90. The van der Waals surface area contributed by atoms with Crippen LogP contribution in [0.5, 0.6) is 0 Å². The molecule has 0 aliphatic carbocycles. The fraction of sp³-hybridized carbons (Fsp3) is 0.0385. The van der Waals surface area contributed by atoms with Gasteiger partial charge >= 0.3 is 0 Å². The van der Waals surface area contributed by atoms with Gasteiger partial charge in [0.1, 0.15) is 5.65 Å². The molecule has 0 amide bonds. The maximum atomic E-state index is 4.68. The quantitative estimate of drug-likeness (QED) is 0.401. The number of aryl methyl sites for hydroxylation is 1. The molecule has 1 aromatic carbocycles. The lowest BCUT2D eigenvalue weighted by atomic mass is 9.99. The number of aromatic amines is 1. The van der Waals surface area contributed by atoms with E-state index >= 15 is 0 Å². The number of hydrogen-bond acceptors (Lipinski definition) is 3. The van der Waals surface area contributed by atoms with E-state index in [0.29, 0.717) is 0 Å². The summed E-state index contributed by atoms with van der Waals surface area (Å²) in [7, 11) is 0. The molecule has 148 valence electrons. The average molecular weight is 401 g/mol. The predicted octanol–water partition coefficient (Wildman–Crippen LogP) is 5.92. The lowest BCUT2D eigenvalue weighted by Gasteiger charge is -2.07. The predicted molar refractivity (Wildman–Crippen MR) is 124 cm³/mol. The molecule has 5 heterocycles. The number of pyridine rings is 3. The summed E-state index contributed by atoms with van der Waals surface area (Å²) >= 11 is 0. The van der Waals surface area contributed by atoms with Crippen LogP contribution in [0.25, 0.3) is 49.9 Å². The van der Waals surface area contributed by atoms with E-state index in [1.165, 1.54) is 11.1 Å². The van der Waals surface area contributed by atoms with Crippen molar-refractivity contribution in [3.05, 3.63) is 97.3 Å². The van der Waals surface area contributed by atoms with E-state index in [1.54, 1.807) is 6.20 Å². The Morgan fingerprint density at radius 2 is 1.74 bits per heavy atom. The van der Waals surface area contributed by atoms with Crippen LogP contribution in [0, 0.1) is 6.92 Å². The highest BCUT2D eigenvalue weighted by Crippen LogP contribution is 2.34. The Bertz CT molecular complexity index is 1540. The molecule has 1 N–H and O–H groups in total. The number of nitrogens with one attached hydrogen (secondary N) is 1. The second-order valence-corrected chi connectivity index (χ2v) is 7.68. The van der Waals surface area contributed by atoms with Crippen LogP contribution in [-0.2, 0) is 0 Å². The van der Waals surface area contributed by atoms with Gasteiger partial charge in [-0.25, -0.2) is 9.50 Å². The van der Waals surface area contributed by atoms with Gasteiger partial charge in [0.2, 0.25) is 0 Å². The molecule has 0 fully saturated rings. The lowest BCUT2D eigenvalue weighted by molar-refractivity contribution is 0.962. The molecule has 5 nitrogen and oxygen atoms in total. The first kappa shape index (κ1) is 17.6. The summed E-state index contributed by atoms with van der Waals surface area (Å²) in [5.74, 6) is 0. The molecule has 0 aliphatic heterocycles. The minimum absolute atomic E-state index is 0.883. The first-order chi connectivity index (χ1) is 15.3. The molecule has 6 aromatic rings. The van der Waals surface area contributed by atoms with Crippen LogP contribution in [0.15, 0.2) is 91.8 Å². The molecule has 5 aromatic heterocycles. The third-order valence-corrected chi connectivity index (χ3v) is 5.79. The van der Waals surface area contributed by atoms with Crippen LogP contribution in [0.2, 0.25) is 0 Å². The molecule has 0 bridgehead atoms. The molecule has 0 saturated carbocycles. The number of aromatic nitrogens is 5. The van der Waals surface area contributed by atoms with E-state index < -0.39 is 0 Å². The Kier molecular flexibility index (Phi) is 3.93. The highest BCUT2D eigenvalue weighted by atomic mass is 15.2. The van der Waals surface area contributed by atoms with Crippen molar-refractivity contribution in [3.63, 3.8) is 0 Å². The molecule has 5 heteroatoms. The molecule has 0 aliphatic rings. The summed E-state index contributed by atoms with van der Waals surface area (Å²) in [4.78, 5) is 12.3. The molecule has 0 spiro atoms. The highest BCUT2D eigenvalue weighted by molar-refractivity contribution is 5.97. The Morgan fingerprint density at radius 3 is 2.61 bits per heavy atom. The minimum Gasteiger partial charge on any atom is -0.346 e. The van der Waals surface area contributed by atoms with E-state index in [1.807, 2.05) is 41.6 Å². The van der Waals surface area contributed by atoms with E-state index in [4.69, 9.17) is 0 Å². The van der Waals surface area contributed by atoms with Crippen molar-refractivity contribution in [2.24, 2.45) is 0 Å². The van der Waals surface area contributed by atoms with Crippen molar-refractivity contribution in [1.82, 2.24) is 24.6 Å². The summed E-state index contributed by atoms with van der Waals surface area (Å²) in [6.07, 6.45) is 11.5. The molecule has 6 rings (SSSR count). The molecule has 31 heavy (non-hydrogen) atoms. The molecular weight excluding hydrogens is 382 g/mol. The maximum Gasteiger partial charge on any atom is 0.137 e. The molecule has 0 saturated heterocycles. The van der Waals surface area contributed by atoms with Gasteiger partial charge in [-0.05, 0) is 47.9 Å². The lowest BCUT2D eigenvalue weighted by Crippen LogP contribution is -1.88. The minimum atomic E-state index is 0.883. The summed E-state index contributed by atoms with van der Waals surface area (Å²) in [5, 5.41) is 5.62. The largest absolute Gasteiger partial charge is 0.346 e. The molecule has 0 atom stereocenters. The van der Waals surface area contributed by atoms with Gasteiger partial charge in [0.15, 0.2) is 0 Å². The summed E-state index contributed by atoms with van der Waals surface area (Å²) in [6.45, 7) is 2.13. The van der Waals surface area contributed by atoms with Gasteiger partial charge in [0.05, 0.1) is 11.7 Å². The molecule has 0 radical (unpaired) electrons. The SMILES string of the molecule is Cc1ccccc1-c1cnc2[nH]cc(-c3ccn4ncc(-c5cccnc5)c4c3)c2c1. The van der Waals surface area contributed by atoms with Gasteiger partial charge in [-0.2, -0.15) is 5.10 Å². The summed E-state index contributed by atoms with van der Waals surface area (Å²) in [6, 6.07) is 18.9. The van der Waals surface area contributed by atoms with Crippen LogP contribution >= 0.6 is 0 Å². The highest BCUT2D eigenvalue weighted by Gasteiger charge is 2.13. The number of H-pyrrole nitrogens is 1. The number of hydrogen-bond donors (Lipinski definition) is 1. The van der Waals surface area contributed by atoms with Crippen molar-refractivity contribution in [1.29, 1.82) is 0 Å². The summed E-state index contributed by atoms with van der Waals surface area (Å²) < 4.78 is 1.90. The fourth-order valence-corrected chi connectivity index (χ4v) is 4.18. The first-order valence-electron chi connectivity index (χ1n) is 10.2. The van der Waals surface area contributed by atoms with Crippen molar-refractivity contribution >= 4 is 16.6 Å². The van der Waals surface area contributed by atoms with Gasteiger partial charge in [0.25, 0.3) is 0 Å². The van der Waals surface area contributed by atoms with Crippen LogP contribution in [0.4, 0.5) is 0 Å². The van der Waals surface area contributed by atoms with Gasteiger partial charge in [-0.1, -0.05) is 30.3 Å². The van der Waals surface area contributed by atoms with Crippen LogP contribution in [-0.4, -0.2) is 24.6 Å². The monoisotopic (exact) mass is 401 g/mol. The van der Waals surface area contributed by atoms with Crippen molar-refractivity contribution in [3.8, 4) is 33.4 Å². The Morgan fingerprint density at radius 1 is 0.806 bits per heavy atom.